The van der Waals surface area contributed by atoms with E-state index in [0.717, 1.165) is 0 Å². The number of amides is 1. The summed E-state index contributed by atoms with van der Waals surface area (Å²) in [6.07, 6.45) is -4.65. The van der Waals surface area contributed by atoms with E-state index in [1.165, 1.54) is 20.0 Å². The maximum Gasteiger partial charge on any atom is 0.451 e. The summed E-state index contributed by atoms with van der Waals surface area (Å²) in [5, 5.41) is 7.68. The van der Waals surface area contributed by atoms with Crippen molar-refractivity contribution in [2.75, 3.05) is 24.2 Å². The number of carbonyl (C=O) groups excluding carboxylic acids is 1. The van der Waals surface area contributed by atoms with E-state index in [9.17, 15) is 18.0 Å². The van der Waals surface area contributed by atoms with Gasteiger partial charge in [-0.15, -0.1) is 0 Å². The average Bonchev–Trinajstić information content (AvgIpc) is 2.37. The molecule has 1 amide bonds. The molecule has 1 rings (SSSR count). The van der Waals surface area contributed by atoms with Gasteiger partial charge in [-0.25, -0.2) is 9.97 Å². The fourth-order valence-electron chi connectivity index (χ4n) is 1.39. The molecule has 1 aromatic rings. The Morgan fingerprint density at radius 2 is 1.95 bits per heavy atom. The van der Waals surface area contributed by atoms with Gasteiger partial charge < -0.3 is 16.0 Å². The highest BCUT2D eigenvalue weighted by Crippen LogP contribution is 2.28. The molecule has 112 valence electrons. The van der Waals surface area contributed by atoms with Crippen LogP contribution in [0.3, 0.4) is 0 Å². The maximum atomic E-state index is 12.6. The van der Waals surface area contributed by atoms with Gasteiger partial charge in [0.2, 0.25) is 11.7 Å². The highest BCUT2D eigenvalue weighted by atomic mass is 19.4. The van der Waals surface area contributed by atoms with Crippen molar-refractivity contribution in [2.45, 2.75) is 26.1 Å². The zero-order valence-corrected chi connectivity index (χ0v) is 11.3. The molecule has 0 aliphatic heterocycles. The van der Waals surface area contributed by atoms with Gasteiger partial charge in [-0.1, -0.05) is 0 Å². The predicted octanol–water partition coefficient (Wildman–Crippen LogP) is 1.47. The normalized spacial score (nSPS) is 12.7. The lowest BCUT2D eigenvalue weighted by Crippen LogP contribution is -2.37. The Hall–Kier alpha value is -2.06. The average molecular weight is 291 g/mol. The number of likely N-dealkylation sites (N-methyl/N-ethyl adjacent to an activating group) is 1. The highest BCUT2D eigenvalue weighted by molar-refractivity contribution is 5.83. The van der Waals surface area contributed by atoms with Crippen LogP contribution in [0.1, 0.15) is 19.7 Å². The number of rotatable bonds is 5. The first-order valence-corrected chi connectivity index (χ1v) is 5.96. The van der Waals surface area contributed by atoms with Crippen molar-refractivity contribution >= 4 is 17.5 Å². The quantitative estimate of drug-likeness (QED) is 0.765. The van der Waals surface area contributed by atoms with Gasteiger partial charge in [0.1, 0.15) is 17.7 Å². The Kier molecular flexibility index (Phi) is 5.12. The molecule has 0 radical (unpaired) electrons. The SMILES string of the molecule is CCNC(=O)C(C)Nc1cc(NC)nc(C(F)(F)F)n1. The molecule has 1 heterocycles. The van der Waals surface area contributed by atoms with Crippen molar-refractivity contribution in [1.29, 1.82) is 0 Å². The summed E-state index contributed by atoms with van der Waals surface area (Å²) in [5.74, 6) is -1.66. The molecular formula is C11H16F3N5O. The number of aromatic nitrogens is 2. The molecule has 0 fully saturated rings. The first-order chi connectivity index (χ1) is 9.27. The second-order valence-electron chi connectivity index (χ2n) is 3.97. The van der Waals surface area contributed by atoms with E-state index < -0.39 is 18.0 Å². The number of hydrogen-bond donors (Lipinski definition) is 3. The van der Waals surface area contributed by atoms with E-state index in [4.69, 9.17) is 0 Å². The van der Waals surface area contributed by atoms with Crippen molar-refractivity contribution in [3.05, 3.63) is 11.9 Å². The van der Waals surface area contributed by atoms with Crippen LogP contribution in [0.2, 0.25) is 0 Å². The summed E-state index contributed by atoms with van der Waals surface area (Å²) in [7, 11) is 1.44. The zero-order chi connectivity index (χ0) is 15.3. The number of nitrogens with zero attached hydrogens (tertiary/aromatic N) is 2. The van der Waals surface area contributed by atoms with E-state index in [1.54, 1.807) is 6.92 Å². The van der Waals surface area contributed by atoms with Crippen molar-refractivity contribution in [3.63, 3.8) is 0 Å². The first-order valence-electron chi connectivity index (χ1n) is 5.96. The molecule has 1 aromatic heterocycles. The van der Waals surface area contributed by atoms with Crippen molar-refractivity contribution in [2.24, 2.45) is 0 Å². The van der Waals surface area contributed by atoms with Crippen LogP contribution in [0.25, 0.3) is 0 Å². The van der Waals surface area contributed by atoms with Gasteiger partial charge in [0.25, 0.3) is 0 Å². The second-order valence-corrected chi connectivity index (χ2v) is 3.97. The van der Waals surface area contributed by atoms with Gasteiger partial charge in [0.15, 0.2) is 0 Å². The van der Waals surface area contributed by atoms with Crippen LogP contribution >= 0.6 is 0 Å². The molecule has 3 N–H and O–H groups in total. The van der Waals surface area contributed by atoms with Gasteiger partial charge >= 0.3 is 6.18 Å². The number of anilines is 2. The summed E-state index contributed by atoms with van der Waals surface area (Å²) >= 11 is 0. The number of alkyl halides is 3. The molecule has 0 saturated carbocycles. The Bertz CT molecular complexity index is 478. The molecule has 0 saturated heterocycles. The Morgan fingerprint density at radius 1 is 1.35 bits per heavy atom. The third-order valence-electron chi connectivity index (χ3n) is 2.34. The van der Waals surface area contributed by atoms with E-state index in [1.807, 2.05) is 0 Å². The standard InChI is InChI=1S/C11H16F3N5O/c1-4-16-9(20)6(2)17-8-5-7(15-3)18-10(19-8)11(12,13)14/h5-6H,4H2,1-3H3,(H,16,20)(H2,15,17,18,19). The summed E-state index contributed by atoms with van der Waals surface area (Å²) < 4.78 is 37.9. The highest BCUT2D eigenvalue weighted by Gasteiger charge is 2.35. The largest absolute Gasteiger partial charge is 0.451 e. The molecule has 0 aliphatic rings. The van der Waals surface area contributed by atoms with E-state index >= 15 is 0 Å². The number of halogens is 3. The zero-order valence-electron chi connectivity index (χ0n) is 11.3. The summed E-state index contributed by atoms with van der Waals surface area (Å²) in [4.78, 5) is 18.2. The number of carbonyl (C=O) groups is 1. The van der Waals surface area contributed by atoms with E-state index in [-0.39, 0.29) is 17.5 Å². The Labute approximate surface area is 114 Å². The van der Waals surface area contributed by atoms with Crippen LogP contribution in [0.15, 0.2) is 6.07 Å². The third-order valence-corrected chi connectivity index (χ3v) is 2.34. The van der Waals surface area contributed by atoms with Crippen molar-refractivity contribution in [1.82, 2.24) is 15.3 Å². The van der Waals surface area contributed by atoms with Crippen LogP contribution in [-0.2, 0) is 11.0 Å². The number of hydrogen-bond acceptors (Lipinski definition) is 5. The minimum atomic E-state index is -4.65. The van der Waals surface area contributed by atoms with Crippen LogP contribution in [0.4, 0.5) is 24.8 Å². The molecule has 1 unspecified atom stereocenters. The predicted molar refractivity (Wildman–Crippen MR) is 68.3 cm³/mol. The molecule has 1 atom stereocenters. The molecule has 9 heteroatoms. The second kappa shape index (κ2) is 6.40. The van der Waals surface area contributed by atoms with Gasteiger partial charge in [-0.3, -0.25) is 4.79 Å². The third kappa shape index (κ3) is 4.25. The van der Waals surface area contributed by atoms with Crippen LogP contribution in [-0.4, -0.2) is 35.5 Å². The van der Waals surface area contributed by atoms with Gasteiger partial charge in [-0.05, 0) is 13.8 Å². The Morgan fingerprint density at radius 3 is 2.45 bits per heavy atom. The van der Waals surface area contributed by atoms with Crippen molar-refractivity contribution < 1.29 is 18.0 Å². The minimum absolute atomic E-state index is 0.0120. The number of nitrogens with one attached hydrogen (secondary N) is 3. The molecule has 0 bridgehead atoms. The van der Waals surface area contributed by atoms with Crippen LogP contribution in [0, 0.1) is 0 Å². The lowest BCUT2D eigenvalue weighted by atomic mass is 10.3. The topological polar surface area (TPSA) is 78.9 Å². The van der Waals surface area contributed by atoms with E-state index in [2.05, 4.69) is 25.9 Å². The van der Waals surface area contributed by atoms with Crippen LogP contribution in [0.5, 0.6) is 0 Å². The lowest BCUT2D eigenvalue weighted by molar-refractivity contribution is -0.144. The molecule has 6 nitrogen and oxygen atoms in total. The fourth-order valence-corrected chi connectivity index (χ4v) is 1.39. The molecular weight excluding hydrogens is 275 g/mol. The summed E-state index contributed by atoms with van der Waals surface area (Å²) in [6.45, 7) is 3.71. The molecule has 0 spiro atoms. The fraction of sp³-hybridized carbons (Fsp3) is 0.545. The minimum Gasteiger partial charge on any atom is -0.373 e. The molecule has 20 heavy (non-hydrogen) atoms. The van der Waals surface area contributed by atoms with E-state index in [0.29, 0.717) is 6.54 Å². The summed E-state index contributed by atoms with van der Waals surface area (Å²) in [5.41, 5.74) is 0. The Balaban J connectivity index is 2.97. The monoisotopic (exact) mass is 291 g/mol. The van der Waals surface area contributed by atoms with Crippen molar-refractivity contribution in [3.8, 4) is 0 Å². The van der Waals surface area contributed by atoms with Gasteiger partial charge in [-0.2, -0.15) is 13.2 Å². The smallest absolute Gasteiger partial charge is 0.373 e. The summed E-state index contributed by atoms with van der Waals surface area (Å²) in [6, 6.07) is 0.584. The molecule has 0 aliphatic carbocycles. The van der Waals surface area contributed by atoms with Gasteiger partial charge in [0, 0.05) is 19.7 Å². The lowest BCUT2D eigenvalue weighted by Gasteiger charge is -2.15. The first kappa shape index (κ1) is 16.0. The molecule has 0 aromatic carbocycles. The van der Waals surface area contributed by atoms with Crippen LogP contribution < -0.4 is 16.0 Å². The van der Waals surface area contributed by atoms with Gasteiger partial charge in [0.05, 0.1) is 0 Å². The maximum absolute atomic E-state index is 12.6.